The molecule has 1 aliphatic rings. The quantitative estimate of drug-likeness (QED) is 0.407. The van der Waals surface area contributed by atoms with Gasteiger partial charge in [0.05, 0.1) is 24.1 Å². The molecule has 0 unspecified atom stereocenters. The number of aromatic nitrogens is 2. The van der Waals surface area contributed by atoms with Crippen LogP contribution in [-0.4, -0.2) is 61.2 Å². The summed E-state index contributed by atoms with van der Waals surface area (Å²) in [5.41, 5.74) is 4.78. The van der Waals surface area contributed by atoms with Crippen LogP contribution in [0.15, 0.2) is 53.1 Å². The zero-order valence-corrected chi connectivity index (χ0v) is 20.9. The molecule has 1 aliphatic heterocycles. The van der Waals surface area contributed by atoms with Crippen LogP contribution < -0.4 is 10.1 Å². The van der Waals surface area contributed by atoms with Crippen molar-refractivity contribution in [2.75, 3.05) is 39.7 Å². The number of nitriles is 1. The maximum Gasteiger partial charge on any atom is 0.253 e. The van der Waals surface area contributed by atoms with Crippen LogP contribution in [-0.2, 0) is 4.74 Å². The van der Waals surface area contributed by atoms with E-state index < -0.39 is 0 Å². The number of nitrogens with one attached hydrogen (secondary N) is 1. The van der Waals surface area contributed by atoms with Crippen LogP contribution in [0.1, 0.15) is 28.9 Å². The van der Waals surface area contributed by atoms with Crippen LogP contribution in [0.3, 0.4) is 0 Å². The Balaban J connectivity index is 1.51. The predicted molar refractivity (Wildman–Crippen MR) is 139 cm³/mol. The van der Waals surface area contributed by atoms with Gasteiger partial charge in [0, 0.05) is 56.7 Å². The summed E-state index contributed by atoms with van der Waals surface area (Å²) in [6, 6.07) is 15.1. The molecule has 1 fully saturated rings. The number of amides is 1. The van der Waals surface area contributed by atoms with Gasteiger partial charge in [-0.25, -0.2) is 4.98 Å². The lowest BCUT2D eigenvalue weighted by atomic mass is 10.1. The fourth-order valence-corrected chi connectivity index (χ4v) is 4.43. The number of hydrogen-bond donors (Lipinski definition) is 1. The highest BCUT2D eigenvalue weighted by Gasteiger charge is 2.20. The van der Waals surface area contributed by atoms with Gasteiger partial charge in [-0.05, 0) is 49.2 Å². The molecule has 9 nitrogen and oxygen atoms in total. The van der Waals surface area contributed by atoms with E-state index in [1.807, 2.05) is 24.3 Å². The molecule has 1 amide bonds. The van der Waals surface area contributed by atoms with E-state index in [-0.39, 0.29) is 11.9 Å². The van der Waals surface area contributed by atoms with Crippen molar-refractivity contribution in [3.63, 3.8) is 0 Å². The summed E-state index contributed by atoms with van der Waals surface area (Å²) in [5, 5.41) is 13.2. The van der Waals surface area contributed by atoms with Crippen molar-refractivity contribution in [1.29, 1.82) is 5.26 Å². The largest absolute Gasteiger partial charge is 0.496 e. The molecule has 5 rings (SSSR count). The number of anilines is 1. The van der Waals surface area contributed by atoms with Crippen LogP contribution in [0.5, 0.6) is 5.75 Å². The molecule has 9 heteroatoms. The summed E-state index contributed by atoms with van der Waals surface area (Å²) in [6.45, 7) is 1.42. The minimum atomic E-state index is -0.118. The van der Waals surface area contributed by atoms with E-state index >= 15 is 0 Å². The van der Waals surface area contributed by atoms with E-state index in [9.17, 15) is 10.1 Å². The second-order valence-corrected chi connectivity index (χ2v) is 9.03. The molecule has 0 saturated carbocycles. The number of nitrogens with zero attached hydrogens (tertiary/aromatic N) is 4. The normalized spacial score (nSPS) is 13.8. The second kappa shape index (κ2) is 10.3. The van der Waals surface area contributed by atoms with E-state index in [0.717, 1.165) is 18.4 Å². The smallest absolute Gasteiger partial charge is 0.253 e. The van der Waals surface area contributed by atoms with E-state index in [0.29, 0.717) is 64.0 Å². The van der Waals surface area contributed by atoms with Crippen molar-refractivity contribution < 1.29 is 18.7 Å². The highest BCUT2D eigenvalue weighted by Crippen LogP contribution is 2.37. The lowest BCUT2D eigenvalue weighted by Gasteiger charge is -2.24. The van der Waals surface area contributed by atoms with Gasteiger partial charge in [0.1, 0.15) is 23.1 Å². The molecule has 3 aromatic heterocycles. The van der Waals surface area contributed by atoms with Gasteiger partial charge in [0.15, 0.2) is 11.3 Å². The molecule has 1 saturated heterocycles. The Morgan fingerprint density at radius 3 is 2.68 bits per heavy atom. The number of furan rings is 1. The Bertz CT molecular complexity index is 1500. The lowest BCUT2D eigenvalue weighted by molar-refractivity contribution is 0.0827. The van der Waals surface area contributed by atoms with Crippen molar-refractivity contribution in [2.45, 2.75) is 18.9 Å². The number of rotatable bonds is 6. The minimum absolute atomic E-state index is 0.118. The topological polar surface area (TPSA) is 114 Å². The van der Waals surface area contributed by atoms with Crippen LogP contribution in [0.2, 0.25) is 0 Å². The summed E-state index contributed by atoms with van der Waals surface area (Å²) in [4.78, 5) is 23.0. The summed E-state index contributed by atoms with van der Waals surface area (Å²) >= 11 is 0. The molecule has 37 heavy (non-hydrogen) atoms. The molecule has 188 valence electrons. The van der Waals surface area contributed by atoms with Gasteiger partial charge >= 0.3 is 0 Å². The maximum absolute atomic E-state index is 12.4. The van der Waals surface area contributed by atoms with Crippen molar-refractivity contribution >= 4 is 22.7 Å². The van der Waals surface area contributed by atoms with Crippen LogP contribution >= 0.6 is 0 Å². The first-order valence-corrected chi connectivity index (χ1v) is 12.0. The van der Waals surface area contributed by atoms with E-state index in [1.165, 1.54) is 4.90 Å². The molecule has 1 aromatic carbocycles. The first-order valence-electron chi connectivity index (χ1n) is 12.0. The molecule has 0 spiro atoms. The van der Waals surface area contributed by atoms with E-state index in [4.69, 9.17) is 13.9 Å². The van der Waals surface area contributed by atoms with Gasteiger partial charge in [-0.1, -0.05) is 0 Å². The van der Waals surface area contributed by atoms with Crippen LogP contribution in [0.4, 0.5) is 5.69 Å². The summed E-state index contributed by atoms with van der Waals surface area (Å²) < 4.78 is 17.3. The van der Waals surface area contributed by atoms with Crippen molar-refractivity contribution in [2.24, 2.45) is 0 Å². The molecular weight excluding hydrogens is 470 g/mol. The monoisotopic (exact) mass is 497 g/mol. The number of carbonyl (C=O) groups excluding carboxylic acids is 1. The number of carbonyl (C=O) groups is 1. The minimum Gasteiger partial charge on any atom is -0.496 e. The number of benzene rings is 1. The molecular formula is C28H27N5O4. The maximum atomic E-state index is 12.4. The Morgan fingerprint density at radius 2 is 1.95 bits per heavy atom. The van der Waals surface area contributed by atoms with Gasteiger partial charge in [-0.15, -0.1) is 0 Å². The third-order valence-corrected chi connectivity index (χ3v) is 6.39. The van der Waals surface area contributed by atoms with Crippen molar-refractivity contribution in [3.05, 3.63) is 59.9 Å². The standard InChI is InChI=1S/C28H27N5O4/c1-33(2)28(34)17-4-5-20(25(14-17)35-3)26-15-23-27(37-26)19(8-11-30-23)21-6-7-22(24(16-29)32-21)31-18-9-12-36-13-10-18/h4-8,11,14-15,18,31H,9-10,12-13H2,1-3H3. The van der Waals surface area contributed by atoms with Gasteiger partial charge in [-0.3, -0.25) is 9.78 Å². The first-order chi connectivity index (χ1) is 18.0. The number of methoxy groups -OCH3 is 1. The zero-order chi connectivity index (χ0) is 25.9. The molecule has 4 aromatic rings. The lowest BCUT2D eigenvalue weighted by Crippen LogP contribution is -2.28. The van der Waals surface area contributed by atoms with Crippen molar-refractivity contribution in [1.82, 2.24) is 14.9 Å². The van der Waals surface area contributed by atoms with Crippen LogP contribution in [0.25, 0.3) is 33.7 Å². The van der Waals surface area contributed by atoms with Crippen LogP contribution in [0, 0.1) is 11.3 Å². The highest BCUT2D eigenvalue weighted by molar-refractivity contribution is 5.96. The Morgan fingerprint density at radius 1 is 1.14 bits per heavy atom. The number of pyridine rings is 2. The Hall–Kier alpha value is -4.42. The third-order valence-electron chi connectivity index (χ3n) is 6.39. The predicted octanol–water partition coefficient (Wildman–Crippen LogP) is 4.73. The van der Waals surface area contributed by atoms with Gasteiger partial charge < -0.3 is 24.1 Å². The third kappa shape index (κ3) is 4.84. The van der Waals surface area contributed by atoms with Gasteiger partial charge in [0.2, 0.25) is 0 Å². The average Bonchev–Trinajstić information content (AvgIpc) is 3.37. The fraction of sp³-hybridized carbons (Fsp3) is 0.286. The van der Waals surface area contributed by atoms with E-state index in [1.54, 1.807) is 45.6 Å². The van der Waals surface area contributed by atoms with Gasteiger partial charge in [0.25, 0.3) is 5.91 Å². The number of fused-ring (bicyclic) bond motifs is 1. The molecule has 0 atom stereocenters. The van der Waals surface area contributed by atoms with Gasteiger partial charge in [-0.2, -0.15) is 5.26 Å². The fourth-order valence-electron chi connectivity index (χ4n) is 4.43. The first kappa shape index (κ1) is 24.3. The average molecular weight is 498 g/mol. The highest BCUT2D eigenvalue weighted by atomic mass is 16.5. The second-order valence-electron chi connectivity index (χ2n) is 9.03. The molecule has 0 radical (unpaired) electrons. The summed E-state index contributed by atoms with van der Waals surface area (Å²) in [5.74, 6) is 0.947. The van der Waals surface area contributed by atoms with E-state index in [2.05, 4.69) is 21.4 Å². The number of hydrogen-bond acceptors (Lipinski definition) is 8. The summed E-state index contributed by atoms with van der Waals surface area (Å²) in [6.07, 6.45) is 3.47. The molecule has 0 bridgehead atoms. The molecule has 4 heterocycles. The zero-order valence-electron chi connectivity index (χ0n) is 20.9. The Kier molecular flexibility index (Phi) is 6.75. The van der Waals surface area contributed by atoms with Crippen molar-refractivity contribution in [3.8, 4) is 34.4 Å². The molecule has 1 N–H and O–H groups in total. The Labute approximate surface area is 214 Å². The summed E-state index contributed by atoms with van der Waals surface area (Å²) in [7, 11) is 4.96. The molecule has 0 aliphatic carbocycles. The SMILES string of the molecule is COc1cc(C(=O)N(C)C)ccc1-c1cc2nccc(-c3ccc(NC4CCOCC4)c(C#N)n3)c2o1. The number of ether oxygens (including phenoxy) is 2.